The van der Waals surface area contributed by atoms with E-state index in [2.05, 4.69) is 15.5 Å². The molecule has 2 aliphatic heterocycles. The number of hydrogen-bond donors (Lipinski definition) is 2. The van der Waals surface area contributed by atoms with E-state index < -0.39 is 0 Å². The monoisotopic (exact) mass is 239 g/mol. The summed E-state index contributed by atoms with van der Waals surface area (Å²) in [5, 5.41) is 6.43. The second-order valence-corrected chi connectivity index (χ2v) is 5.64. The SMILES string of the molecule is CC(=O)NCCN1CCCC2(CCCNC2)C1. The van der Waals surface area contributed by atoms with Gasteiger partial charge < -0.3 is 15.5 Å². The van der Waals surface area contributed by atoms with Crippen LogP contribution in [0.5, 0.6) is 0 Å². The van der Waals surface area contributed by atoms with Crippen molar-refractivity contribution in [3.63, 3.8) is 0 Å². The molecule has 0 saturated carbocycles. The van der Waals surface area contributed by atoms with Crippen molar-refractivity contribution >= 4 is 5.91 Å². The van der Waals surface area contributed by atoms with E-state index in [1.165, 1.54) is 51.9 Å². The lowest BCUT2D eigenvalue weighted by Crippen LogP contribution is -2.52. The molecule has 0 aliphatic carbocycles. The number of rotatable bonds is 3. The largest absolute Gasteiger partial charge is 0.355 e. The minimum Gasteiger partial charge on any atom is -0.355 e. The van der Waals surface area contributed by atoms with Crippen LogP contribution in [0.1, 0.15) is 32.6 Å². The van der Waals surface area contributed by atoms with Crippen molar-refractivity contribution in [2.24, 2.45) is 5.41 Å². The molecule has 4 heteroatoms. The van der Waals surface area contributed by atoms with Gasteiger partial charge in [-0.2, -0.15) is 0 Å². The highest BCUT2D eigenvalue weighted by atomic mass is 16.1. The summed E-state index contributed by atoms with van der Waals surface area (Å²) < 4.78 is 0. The van der Waals surface area contributed by atoms with Crippen LogP contribution in [0.15, 0.2) is 0 Å². The van der Waals surface area contributed by atoms with Gasteiger partial charge in [0, 0.05) is 33.1 Å². The minimum absolute atomic E-state index is 0.0797. The quantitative estimate of drug-likeness (QED) is 0.757. The summed E-state index contributed by atoms with van der Waals surface area (Å²) >= 11 is 0. The molecular formula is C13H25N3O. The Labute approximate surface area is 104 Å². The fraction of sp³-hybridized carbons (Fsp3) is 0.923. The van der Waals surface area contributed by atoms with Gasteiger partial charge in [0.15, 0.2) is 0 Å². The summed E-state index contributed by atoms with van der Waals surface area (Å²) in [5.74, 6) is 0.0797. The Hall–Kier alpha value is -0.610. The third kappa shape index (κ3) is 3.68. The molecule has 2 heterocycles. The zero-order valence-electron chi connectivity index (χ0n) is 10.9. The summed E-state index contributed by atoms with van der Waals surface area (Å²) in [6, 6.07) is 0. The van der Waals surface area contributed by atoms with Crippen molar-refractivity contribution < 1.29 is 4.79 Å². The van der Waals surface area contributed by atoms with Crippen LogP contribution in [0.3, 0.4) is 0 Å². The molecule has 2 aliphatic rings. The van der Waals surface area contributed by atoms with Crippen LogP contribution in [-0.2, 0) is 4.79 Å². The molecule has 0 aromatic rings. The second-order valence-electron chi connectivity index (χ2n) is 5.64. The number of hydrogen-bond acceptors (Lipinski definition) is 3. The maximum Gasteiger partial charge on any atom is 0.216 e. The Morgan fingerprint density at radius 2 is 2.24 bits per heavy atom. The van der Waals surface area contributed by atoms with Crippen LogP contribution in [0.2, 0.25) is 0 Å². The van der Waals surface area contributed by atoms with Crippen molar-refractivity contribution in [1.82, 2.24) is 15.5 Å². The maximum atomic E-state index is 10.8. The van der Waals surface area contributed by atoms with Crippen molar-refractivity contribution in [3.05, 3.63) is 0 Å². The number of piperidine rings is 2. The van der Waals surface area contributed by atoms with Crippen LogP contribution >= 0.6 is 0 Å². The first-order valence-corrected chi connectivity index (χ1v) is 6.88. The van der Waals surface area contributed by atoms with E-state index >= 15 is 0 Å². The Morgan fingerprint density at radius 1 is 1.41 bits per heavy atom. The predicted molar refractivity (Wildman–Crippen MR) is 68.9 cm³/mol. The molecule has 2 rings (SSSR count). The fourth-order valence-corrected chi connectivity index (χ4v) is 3.27. The van der Waals surface area contributed by atoms with Crippen LogP contribution < -0.4 is 10.6 Å². The molecule has 0 bridgehead atoms. The molecular weight excluding hydrogens is 214 g/mol. The summed E-state index contributed by atoms with van der Waals surface area (Å²) in [6.45, 7) is 8.15. The maximum absolute atomic E-state index is 10.8. The van der Waals surface area contributed by atoms with Gasteiger partial charge in [0.1, 0.15) is 0 Å². The number of nitrogens with one attached hydrogen (secondary N) is 2. The third-order valence-electron chi connectivity index (χ3n) is 4.10. The van der Waals surface area contributed by atoms with Gasteiger partial charge in [0.25, 0.3) is 0 Å². The molecule has 0 aromatic heterocycles. The normalized spacial score (nSPS) is 30.4. The number of nitrogens with zero attached hydrogens (tertiary/aromatic N) is 1. The Bertz CT molecular complexity index is 256. The average Bonchev–Trinajstić information content (AvgIpc) is 2.29. The van der Waals surface area contributed by atoms with E-state index in [0.29, 0.717) is 5.41 Å². The van der Waals surface area contributed by atoms with E-state index in [4.69, 9.17) is 0 Å². The fourth-order valence-electron chi connectivity index (χ4n) is 3.27. The second kappa shape index (κ2) is 5.83. The lowest BCUT2D eigenvalue weighted by molar-refractivity contribution is -0.119. The molecule has 1 spiro atoms. The van der Waals surface area contributed by atoms with Crippen LogP contribution in [-0.4, -0.2) is 50.1 Å². The zero-order valence-corrected chi connectivity index (χ0v) is 10.9. The van der Waals surface area contributed by atoms with Crippen LogP contribution in [0.4, 0.5) is 0 Å². The molecule has 2 saturated heterocycles. The first-order valence-electron chi connectivity index (χ1n) is 6.88. The van der Waals surface area contributed by atoms with Crippen LogP contribution in [0.25, 0.3) is 0 Å². The molecule has 1 unspecified atom stereocenters. The molecule has 4 nitrogen and oxygen atoms in total. The first kappa shape index (κ1) is 12.8. The third-order valence-corrected chi connectivity index (χ3v) is 4.10. The number of likely N-dealkylation sites (tertiary alicyclic amines) is 1. The lowest BCUT2D eigenvalue weighted by atomic mass is 9.74. The molecule has 1 atom stereocenters. The van der Waals surface area contributed by atoms with Crippen molar-refractivity contribution in [2.45, 2.75) is 32.6 Å². The number of amides is 1. The van der Waals surface area contributed by atoms with E-state index in [1.54, 1.807) is 6.92 Å². The van der Waals surface area contributed by atoms with Crippen molar-refractivity contribution in [3.8, 4) is 0 Å². The topological polar surface area (TPSA) is 44.4 Å². The molecule has 0 aromatic carbocycles. The van der Waals surface area contributed by atoms with Gasteiger partial charge in [-0.1, -0.05) is 0 Å². The van der Waals surface area contributed by atoms with Crippen LogP contribution in [0, 0.1) is 5.41 Å². The average molecular weight is 239 g/mol. The van der Waals surface area contributed by atoms with Gasteiger partial charge in [-0.05, 0) is 44.2 Å². The smallest absolute Gasteiger partial charge is 0.216 e. The zero-order chi connectivity index (χ0) is 12.1. The summed E-state index contributed by atoms with van der Waals surface area (Å²) in [5.41, 5.74) is 0.521. The number of carbonyl (C=O) groups is 1. The minimum atomic E-state index is 0.0797. The molecule has 2 fully saturated rings. The van der Waals surface area contributed by atoms with E-state index in [1.807, 2.05) is 0 Å². The molecule has 0 radical (unpaired) electrons. The van der Waals surface area contributed by atoms with Gasteiger partial charge in [-0.25, -0.2) is 0 Å². The molecule has 17 heavy (non-hydrogen) atoms. The number of carbonyl (C=O) groups excluding carboxylic acids is 1. The lowest BCUT2D eigenvalue weighted by Gasteiger charge is -2.45. The summed E-state index contributed by atoms with van der Waals surface area (Å²) in [4.78, 5) is 13.4. The Kier molecular flexibility index (Phi) is 4.40. The van der Waals surface area contributed by atoms with Gasteiger partial charge in [0.2, 0.25) is 5.91 Å². The molecule has 98 valence electrons. The van der Waals surface area contributed by atoms with E-state index in [9.17, 15) is 4.79 Å². The van der Waals surface area contributed by atoms with E-state index in [0.717, 1.165) is 13.1 Å². The van der Waals surface area contributed by atoms with Gasteiger partial charge >= 0.3 is 0 Å². The van der Waals surface area contributed by atoms with Gasteiger partial charge in [0.05, 0.1) is 0 Å². The summed E-state index contributed by atoms with van der Waals surface area (Å²) in [6.07, 6.45) is 5.37. The van der Waals surface area contributed by atoms with Crippen molar-refractivity contribution in [1.29, 1.82) is 0 Å². The Morgan fingerprint density at radius 3 is 2.94 bits per heavy atom. The highest BCUT2D eigenvalue weighted by Crippen LogP contribution is 2.35. The summed E-state index contributed by atoms with van der Waals surface area (Å²) in [7, 11) is 0. The molecule has 2 N–H and O–H groups in total. The van der Waals surface area contributed by atoms with Crippen molar-refractivity contribution in [2.75, 3.05) is 39.3 Å². The highest BCUT2D eigenvalue weighted by Gasteiger charge is 2.36. The van der Waals surface area contributed by atoms with Gasteiger partial charge in [-0.3, -0.25) is 4.79 Å². The molecule has 1 amide bonds. The first-order chi connectivity index (χ1) is 8.20. The Balaban J connectivity index is 1.77. The highest BCUT2D eigenvalue weighted by molar-refractivity contribution is 5.72. The van der Waals surface area contributed by atoms with Gasteiger partial charge in [-0.15, -0.1) is 0 Å². The predicted octanol–water partition coefficient (Wildman–Crippen LogP) is 0.588. The standard InChI is InChI=1S/C13H25N3O/c1-12(17)15-7-9-16-8-3-5-13(11-16)4-2-6-14-10-13/h14H,2-11H2,1H3,(H,15,17). The van der Waals surface area contributed by atoms with E-state index in [-0.39, 0.29) is 5.91 Å².